The number of anilines is 1. The molecule has 0 saturated heterocycles. The largest absolute Gasteiger partial charge is 0.352 e. The first-order chi connectivity index (χ1) is 15.3. The maximum absolute atomic E-state index is 14.4. The molecule has 0 fully saturated rings. The highest BCUT2D eigenvalue weighted by Gasteiger charge is 2.31. The van der Waals surface area contributed by atoms with Gasteiger partial charge in [-0.05, 0) is 52.3 Å². The summed E-state index contributed by atoms with van der Waals surface area (Å²) in [5.74, 6) is -1.54. The van der Waals surface area contributed by atoms with Gasteiger partial charge < -0.3 is 10.2 Å². The van der Waals surface area contributed by atoms with Crippen LogP contribution in [0.5, 0.6) is 0 Å². The average Bonchev–Trinajstić information content (AvgIpc) is 2.70. The lowest BCUT2D eigenvalue weighted by atomic mass is 10.1. The predicted molar refractivity (Wildman–Crippen MR) is 128 cm³/mol. The Morgan fingerprint density at radius 3 is 2.24 bits per heavy atom. The van der Waals surface area contributed by atoms with Crippen molar-refractivity contribution in [3.63, 3.8) is 0 Å². The quantitative estimate of drug-likeness (QED) is 0.601. The van der Waals surface area contributed by atoms with Crippen LogP contribution in [0.4, 0.5) is 10.1 Å². The van der Waals surface area contributed by atoms with Gasteiger partial charge in [0.15, 0.2) is 0 Å². The first-order valence-corrected chi connectivity index (χ1v) is 12.5. The topological polar surface area (TPSA) is 86.8 Å². The van der Waals surface area contributed by atoms with Crippen molar-refractivity contribution in [3.8, 4) is 0 Å². The maximum atomic E-state index is 14.4. The molecule has 33 heavy (non-hydrogen) atoms. The van der Waals surface area contributed by atoms with Gasteiger partial charge in [0.2, 0.25) is 21.8 Å². The van der Waals surface area contributed by atoms with E-state index in [1.807, 2.05) is 13.0 Å². The van der Waals surface area contributed by atoms with Crippen LogP contribution in [0.3, 0.4) is 0 Å². The van der Waals surface area contributed by atoms with E-state index in [1.54, 1.807) is 45.9 Å². The summed E-state index contributed by atoms with van der Waals surface area (Å²) < 4.78 is 40.6. The van der Waals surface area contributed by atoms with Gasteiger partial charge in [0, 0.05) is 18.2 Å². The van der Waals surface area contributed by atoms with Crippen molar-refractivity contribution in [3.05, 3.63) is 65.0 Å². The van der Waals surface area contributed by atoms with E-state index in [9.17, 15) is 22.4 Å². The van der Waals surface area contributed by atoms with E-state index in [1.165, 1.54) is 23.1 Å². The molecule has 0 spiro atoms. The number of carbonyl (C=O) groups is 2. The summed E-state index contributed by atoms with van der Waals surface area (Å²) in [7, 11) is -3.82. The Bertz CT molecular complexity index is 1120. The molecule has 2 aromatic rings. The standard InChI is InChI=1S/C24H32FN3O4S/c1-16(2)26-24(30)19(5)27(14-20-9-7-8-10-21(20)25)23(29)15-28(33(6,31)32)22-12-11-17(3)13-18(22)4/h7-13,16,19H,14-15H2,1-6H3,(H,26,30)/t19-/m0/s1. The fourth-order valence-electron chi connectivity index (χ4n) is 3.48. The van der Waals surface area contributed by atoms with E-state index < -0.39 is 40.2 Å². The molecule has 9 heteroatoms. The van der Waals surface area contributed by atoms with Gasteiger partial charge in [-0.3, -0.25) is 13.9 Å². The molecule has 0 radical (unpaired) electrons. The molecule has 0 aromatic heterocycles. The molecule has 0 bridgehead atoms. The fourth-order valence-corrected chi connectivity index (χ4v) is 4.38. The molecule has 7 nitrogen and oxygen atoms in total. The zero-order valence-corrected chi connectivity index (χ0v) is 20.7. The number of amides is 2. The summed E-state index contributed by atoms with van der Waals surface area (Å²) in [5, 5.41) is 2.75. The molecule has 2 rings (SSSR count). The van der Waals surface area contributed by atoms with Crippen molar-refractivity contribution in [2.75, 3.05) is 17.1 Å². The second-order valence-corrected chi connectivity index (χ2v) is 10.4. The van der Waals surface area contributed by atoms with Crippen LogP contribution in [0.2, 0.25) is 0 Å². The number of hydrogen-bond donors (Lipinski definition) is 1. The molecule has 1 N–H and O–H groups in total. The monoisotopic (exact) mass is 477 g/mol. The van der Waals surface area contributed by atoms with E-state index >= 15 is 0 Å². The van der Waals surface area contributed by atoms with Crippen molar-refractivity contribution in [1.29, 1.82) is 0 Å². The number of nitrogens with zero attached hydrogens (tertiary/aromatic N) is 2. The van der Waals surface area contributed by atoms with E-state index in [4.69, 9.17) is 0 Å². The number of rotatable bonds is 9. The van der Waals surface area contributed by atoms with Crippen LogP contribution in [0.1, 0.15) is 37.5 Å². The minimum absolute atomic E-state index is 0.159. The van der Waals surface area contributed by atoms with Gasteiger partial charge in [-0.25, -0.2) is 12.8 Å². The Balaban J connectivity index is 2.44. The molecule has 0 aliphatic heterocycles. The summed E-state index contributed by atoms with van der Waals surface area (Å²) >= 11 is 0. The summed E-state index contributed by atoms with van der Waals surface area (Å²) in [6.07, 6.45) is 1.02. The highest BCUT2D eigenvalue weighted by atomic mass is 32.2. The van der Waals surface area contributed by atoms with Crippen LogP contribution in [-0.2, 0) is 26.2 Å². The lowest BCUT2D eigenvalue weighted by Gasteiger charge is -2.32. The zero-order valence-electron chi connectivity index (χ0n) is 19.9. The number of aryl methyl sites for hydroxylation is 2. The van der Waals surface area contributed by atoms with Crippen LogP contribution in [0.15, 0.2) is 42.5 Å². The van der Waals surface area contributed by atoms with Gasteiger partial charge in [-0.15, -0.1) is 0 Å². The number of carbonyl (C=O) groups excluding carboxylic acids is 2. The van der Waals surface area contributed by atoms with Crippen molar-refractivity contribution < 1.29 is 22.4 Å². The normalized spacial score (nSPS) is 12.4. The smallest absolute Gasteiger partial charge is 0.244 e. The van der Waals surface area contributed by atoms with E-state index in [0.29, 0.717) is 11.3 Å². The summed E-state index contributed by atoms with van der Waals surface area (Å²) in [5.41, 5.74) is 2.25. The highest BCUT2D eigenvalue weighted by molar-refractivity contribution is 7.92. The Labute approximate surface area is 195 Å². The summed E-state index contributed by atoms with van der Waals surface area (Å²) in [4.78, 5) is 27.3. The van der Waals surface area contributed by atoms with E-state index in [2.05, 4.69) is 5.32 Å². The van der Waals surface area contributed by atoms with Crippen LogP contribution < -0.4 is 9.62 Å². The molecule has 0 unspecified atom stereocenters. The summed E-state index contributed by atoms with van der Waals surface area (Å²) in [6.45, 7) is 8.08. The zero-order chi connectivity index (χ0) is 24.9. The summed E-state index contributed by atoms with van der Waals surface area (Å²) in [6, 6.07) is 10.1. The Morgan fingerprint density at radius 1 is 1.06 bits per heavy atom. The average molecular weight is 478 g/mol. The minimum Gasteiger partial charge on any atom is -0.352 e. The van der Waals surface area contributed by atoms with Crippen molar-refractivity contribution in [1.82, 2.24) is 10.2 Å². The van der Waals surface area contributed by atoms with Crippen molar-refractivity contribution in [2.24, 2.45) is 0 Å². The molecule has 2 aromatic carbocycles. The molecule has 180 valence electrons. The van der Waals surface area contributed by atoms with Crippen molar-refractivity contribution in [2.45, 2.75) is 53.2 Å². The van der Waals surface area contributed by atoms with E-state index in [0.717, 1.165) is 16.1 Å². The first kappa shape index (κ1) is 26.3. The minimum atomic E-state index is -3.82. The SMILES string of the molecule is Cc1ccc(N(CC(=O)N(Cc2ccccc2F)[C@@H](C)C(=O)NC(C)C)S(C)(=O)=O)c(C)c1. The van der Waals surface area contributed by atoms with Crippen molar-refractivity contribution >= 4 is 27.5 Å². The third kappa shape index (κ3) is 7.02. The van der Waals surface area contributed by atoms with Crippen LogP contribution in [0, 0.1) is 19.7 Å². The lowest BCUT2D eigenvalue weighted by Crippen LogP contribution is -2.52. The Kier molecular flexibility index (Phi) is 8.60. The Hall–Kier alpha value is -2.94. The van der Waals surface area contributed by atoms with Gasteiger partial charge in [-0.1, -0.05) is 35.9 Å². The van der Waals surface area contributed by atoms with Gasteiger partial charge in [0.05, 0.1) is 11.9 Å². The lowest BCUT2D eigenvalue weighted by molar-refractivity contribution is -0.139. The highest BCUT2D eigenvalue weighted by Crippen LogP contribution is 2.24. The van der Waals surface area contributed by atoms with Crippen LogP contribution in [-0.4, -0.2) is 50.0 Å². The van der Waals surface area contributed by atoms with Crippen LogP contribution in [0.25, 0.3) is 0 Å². The third-order valence-electron chi connectivity index (χ3n) is 5.20. The second-order valence-electron chi connectivity index (χ2n) is 8.51. The molecule has 0 saturated carbocycles. The first-order valence-electron chi connectivity index (χ1n) is 10.7. The van der Waals surface area contributed by atoms with E-state index in [-0.39, 0.29) is 18.2 Å². The molecule has 1 atom stereocenters. The number of nitrogens with one attached hydrogen (secondary N) is 1. The molecule has 0 aliphatic carbocycles. The number of halogens is 1. The van der Waals surface area contributed by atoms with Gasteiger partial charge in [0.1, 0.15) is 18.4 Å². The second kappa shape index (κ2) is 10.8. The Morgan fingerprint density at radius 2 is 1.70 bits per heavy atom. The molecule has 0 aliphatic rings. The maximum Gasteiger partial charge on any atom is 0.244 e. The number of benzene rings is 2. The fraction of sp³-hybridized carbons (Fsp3) is 0.417. The number of hydrogen-bond acceptors (Lipinski definition) is 4. The molecule has 2 amide bonds. The van der Waals surface area contributed by atoms with Gasteiger partial charge in [-0.2, -0.15) is 0 Å². The van der Waals surface area contributed by atoms with Gasteiger partial charge in [0.25, 0.3) is 0 Å². The molecular formula is C24H32FN3O4S. The van der Waals surface area contributed by atoms with Gasteiger partial charge >= 0.3 is 0 Å². The third-order valence-corrected chi connectivity index (χ3v) is 6.32. The van der Waals surface area contributed by atoms with Crippen LogP contribution >= 0.6 is 0 Å². The molecule has 0 heterocycles. The molecular weight excluding hydrogens is 445 g/mol. The number of sulfonamides is 1. The predicted octanol–water partition coefficient (Wildman–Crippen LogP) is 3.15.